The lowest BCUT2D eigenvalue weighted by Gasteiger charge is -2.19. The molecule has 0 N–H and O–H groups in total. The van der Waals surface area contributed by atoms with Gasteiger partial charge in [0.05, 0.1) is 17.8 Å². The van der Waals surface area contributed by atoms with Gasteiger partial charge in [-0.05, 0) is 6.92 Å². The molecule has 0 aliphatic heterocycles. The van der Waals surface area contributed by atoms with Gasteiger partial charge in [0, 0.05) is 33.5 Å². The molecule has 0 amide bonds. The second-order valence-electron chi connectivity index (χ2n) is 4.37. The van der Waals surface area contributed by atoms with Crippen LogP contribution in [0.4, 0.5) is 5.82 Å². The van der Waals surface area contributed by atoms with Crippen molar-refractivity contribution < 1.29 is 4.79 Å². The van der Waals surface area contributed by atoms with Gasteiger partial charge in [-0.1, -0.05) is 0 Å². The largest absolute Gasteiger partial charge is 0.352 e. The summed E-state index contributed by atoms with van der Waals surface area (Å²) in [5.41, 5.74) is 1.38. The van der Waals surface area contributed by atoms with E-state index in [-0.39, 0.29) is 0 Å². The van der Waals surface area contributed by atoms with E-state index in [0.29, 0.717) is 12.1 Å². The average molecular weight is 247 g/mol. The van der Waals surface area contributed by atoms with Crippen LogP contribution in [0.1, 0.15) is 21.9 Å². The number of carbonyl (C=O) groups excluding carboxylic acids is 1. The predicted octanol–water partition coefficient (Wildman–Crippen LogP) is 0.911. The van der Waals surface area contributed by atoms with Gasteiger partial charge >= 0.3 is 0 Å². The van der Waals surface area contributed by atoms with Crippen molar-refractivity contribution in [2.45, 2.75) is 13.5 Å². The van der Waals surface area contributed by atoms with Crippen molar-refractivity contribution in [2.24, 2.45) is 14.1 Å². The Kier molecular flexibility index (Phi) is 3.18. The molecule has 2 aromatic rings. The van der Waals surface area contributed by atoms with Gasteiger partial charge in [0.25, 0.3) is 0 Å². The van der Waals surface area contributed by atoms with Crippen LogP contribution >= 0.6 is 0 Å². The molecule has 18 heavy (non-hydrogen) atoms. The first-order valence-electron chi connectivity index (χ1n) is 5.70. The number of nitrogens with zero attached hydrogens (tertiary/aromatic N) is 5. The first-order chi connectivity index (χ1) is 8.54. The van der Waals surface area contributed by atoms with Gasteiger partial charge in [-0.2, -0.15) is 5.10 Å². The highest BCUT2D eigenvalue weighted by Crippen LogP contribution is 2.21. The molecule has 0 aliphatic rings. The van der Waals surface area contributed by atoms with Crippen LogP contribution in [-0.2, 0) is 20.6 Å². The molecule has 0 aliphatic carbocycles. The van der Waals surface area contributed by atoms with Gasteiger partial charge in [0.15, 0.2) is 6.29 Å². The van der Waals surface area contributed by atoms with Crippen LogP contribution in [0.25, 0.3) is 0 Å². The van der Waals surface area contributed by atoms with Crippen molar-refractivity contribution in [3.8, 4) is 0 Å². The summed E-state index contributed by atoms with van der Waals surface area (Å²) >= 11 is 0. The Morgan fingerprint density at radius 2 is 2.17 bits per heavy atom. The molecule has 96 valence electrons. The molecule has 2 aromatic heterocycles. The molecular weight excluding hydrogens is 230 g/mol. The average Bonchev–Trinajstić information content (AvgIpc) is 2.82. The van der Waals surface area contributed by atoms with Crippen LogP contribution in [0.3, 0.4) is 0 Å². The maximum atomic E-state index is 11.1. The van der Waals surface area contributed by atoms with Gasteiger partial charge < -0.3 is 9.47 Å². The third-order valence-electron chi connectivity index (χ3n) is 3.02. The summed E-state index contributed by atoms with van der Waals surface area (Å²) < 4.78 is 3.68. The second-order valence-corrected chi connectivity index (χ2v) is 4.37. The molecule has 6 nitrogen and oxygen atoms in total. The van der Waals surface area contributed by atoms with Gasteiger partial charge in [-0.15, -0.1) is 0 Å². The zero-order chi connectivity index (χ0) is 13.3. The molecule has 0 saturated carbocycles. The summed E-state index contributed by atoms with van der Waals surface area (Å²) in [6, 6.07) is 0. The van der Waals surface area contributed by atoms with Gasteiger partial charge in [0.2, 0.25) is 0 Å². The molecule has 0 aromatic carbocycles. The van der Waals surface area contributed by atoms with E-state index in [1.165, 1.54) is 0 Å². The lowest BCUT2D eigenvalue weighted by molar-refractivity contribution is 0.112. The molecule has 0 radical (unpaired) electrons. The zero-order valence-electron chi connectivity index (χ0n) is 11.1. The third kappa shape index (κ3) is 2.01. The summed E-state index contributed by atoms with van der Waals surface area (Å²) in [6.45, 7) is 2.46. The van der Waals surface area contributed by atoms with Crippen LogP contribution in [0.5, 0.6) is 0 Å². The van der Waals surface area contributed by atoms with Crippen molar-refractivity contribution in [1.29, 1.82) is 0 Å². The third-order valence-corrected chi connectivity index (χ3v) is 3.02. The minimum Gasteiger partial charge on any atom is -0.352 e. The van der Waals surface area contributed by atoms with E-state index in [2.05, 4.69) is 10.1 Å². The highest BCUT2D eigenvalue weighted by Gasteiger charge is 2.17. The Morgan fingerprint density at radius 3 is 2.72 bits per heavy atom. The number of aromatic nitrogens is 4. The fourth-order valence-corrected chi connectivity index (χ4v) is 2.09. The number of aldehydes is 1. The van der Waals surface area contributed by atoms with E-state index in [4.69, 9.17) is 0 Å². The molecule has 6 heteroatoms. The topological polar surface area (TPSA) is 56.0 Å². The molecule has 0 fully saturated rings. The number of hydrogen-bond acceptors (Lipinski definition) is 4. The molecule has 0 spiro atoms. The summed E-state index contributed by atoms with van der Waals surface area (Å²) in [5.74, 6) is 1.75. The van der Waals surface area contributed by atoms with Crippen molar-refractivity contribution in [1.82, 2.24) is 19.3 Å². The van der Waals surface area contributed by atoms with Crippen molar-refractivity contribution in [3.63, 3.8) is 0 Å². The summed E-state index contributed by atoms with van der Waals surface area (Å²) in [5, 5.41) is 4.27. The minimum absolute atomic E-state index is 0.628. The predicted molar refractivity (Wildman–Crippen MR) is 68.6 cm³/mol. The van der Waals surface area contributed by atoms with E-state index < -0.39 is 0 Å². The highest BCUT2D eigenvalue weighted by atomic mass is 16.1. The van der Waals surface area contributed by atoms with Gasteiger partial charge in [-0.25, -0.2) is 4.98 Å². The van der Waals surface area contributed by atoms with Crippen LogP contribution in [0.2, 0.25) is 0 Å². The summed E-state index contributed by atoms with van der Waals surface area (Å²) in [6.07, 6.45) is 4.52. The molecular formula is C12H17N5O. The van der Waals surface area contributed by atoms with Crippen LogP contribution in [0.15, 0.2) is 12.4 Å². The van der Waals surface area contributed by atoms with Crippen molar-refractivity contribution in [2.75, 3.05) is 11.9 Å². The van der Waals surface area contributed by atoms with Crippen LogP contribution < -0.4 is 4.90 Å². The minimum atomic E-state index is 0.628. The van der Waals surface area contributed by atoms with Crippen LogP contribution in [-0.4, -0.2) is 32.7 Å². The summed E-state index contributed by atoms with van der Waals surface area (Å²) in [4.78, 5) is 17.4. The molecule has 2 heterocycles. The zero-order valence-corrected chi connectivity index (χ0v) is 11.1. The van der Waals surface area contributed by atoms with E-state index in [1.54, 1.807) is 10.9 Å². The number of anilines is 1. The summed E-state index contributed by atoms with van der Waals surface area (Å²) in [7, 11) is 5.72. The van der Waals surface area contributed by atoms with E-state index in [0.717, 1.165) is 23.6 Å². The van der Waals surface area contributed by atoms with Crippen molar-refractivity contribution >= 4 is 12.1 Å². The number of carbonyl (C=O) groups is 1. The maximum Gasteiger partial charge on any atom is 0.155 e. The SMILES string of the molecule is Cc1nn(C)c(N(C)Cc2nccn2C)c1C=O. The molecule has 0 unspecified atom stereocenters. The van der Waals surface area contributed by atoms with E-state index in [9.17, 15) is 4.79 Å². The number of rotatable bonds is 4. The Morgan fingerprint density at radius 1 is 1.44 bits per heavy atom. The second kappa shape index (κ2) is 4.64. The molecule has 0 atom stereocenters. The lowest BCUT2D eigenvalue weighted by Crippen LogP contribution is -2.22. The fourth-order valence-electron chi connectivity index (χ4n) is 2.09. The number of imidazole rings is 1. The van der Waals surface area contributed by atoms with Gasteiger partial charge in [0.1, 0.15) is 11.6 Å². The Balaban J connectivity index is 2.32. The molecule has 0 bridgehead atoms. The monoisotopic (exact) mass is 247 g/mol. The number of aryl methyl sites for hydroxylation is 3. The van der Waals surface area contributed by atoms with E-state index in [1.807, 2.05) is 43.7 Å². The molecule has 2 rings (SSSR count). The quantitative estimate of drug-likeness (QED) is 0.754. The standard InChI is InChI=1S/C12H17N5O/c1-9-10(8-18)12(17(4)14-9)16(3)7-11-13-5-6-15(11)2/h5-6,8H,7H2,1-4H3. The Labute approximate surface area is 106 Å². The smallest absolute Gasteiger partial charge is 0.155 e. The molecule has 0 saturated heterocycles. The normalized spacial score (nSPS) is 10.7. The first kappa shape index (κ1) is 12.3. The fraction of sp³-hybridized carbons (Fsp3) is 0.417. The van der Waals surface area contributed by atoms with E-state index >= 15 is 0 Å². The first-order valence-corrected chi connectivity index (χ1v) is 5.70. The maximum absolute atomic E-state index is 11.1. The van der Waals surface area contributed by atoms with Gasteiger partial charge in [-0.3, -0.25) is 9.48 Å². The van der Waals surface area contributed by atoms with Crippen LogP contribution in [0, 0.1) is 6.92 Å². The lowest BCUT2D eigenvalue weighted by atomic mass is 10.2. The number of hydrogen-bond donors (Lipinski definition) is 0. The highest BCUT2D eigenvalue weighted by molar-refractivity contribution is 5.84. The Bertz CT molecular complexity index is 569. The Hall–Kier alpha value is -2.11. The van der Waals surface area contributed by atoms with Crippen molar-refractivity contribution in [3.05, 3.63) is 29.5 Å².